The predicted molar refractivity (Wildman–Crippen MR) is 117 cm³/mol. The summed E-state index contributed by atoms with van der Waals surface area (Å²) < 4.78 is 27.8. The summed E-state index contributed by atoms with van der Waals surface area (Å²) in [7, 11) is -3.73. The van der Waals surface area contributed by atoms with Crippen LogP contribution >= 0.6 is 0 Å². The topological polar surface area (TPSA) is 95.6 Å². The number of hydrogen-bond donors (Lipinski definition) is 2. The summed E-state index contributed by atoms with van der Waals surface area (Å²) in [5.41, 5.74) is 2.78. The van der Waals surface area contributed by atoms with E-state index in [1.807, 2.05) is 20.8 Å². The van der Waals surface area contributed by atoms with Gasteiger partial charge in [0.1, 0.15) is 0 Å². The molecule has 0 spiro atoms. The lowest BCUT2D eigenvalue weighted by Gasteiger charge is -2.31. The number of carbonyl (C=O) groups is 2. The number of carbonyl (C=O) groups excluding carboxylic acids is 2. The zero-order valence-corrected chi connectivity index (χ0v) is 18.3. The second-order valence-corrected chi connectivity index (χ2v) is 9.76. The fourth-order valence-corrected chi connectivity index (χ4v) is 4.80. The van der Waals surface area contributed by atoms with Crippen molar-refractivity contribution < 1.29 is 18.0 Å². The second kappa shape index (κ2) is 8.87. The number of rotatable bonds is 5. The van der Waals surface area contributed by atoms with E-state index in [-0.39, 0.29) is 10.8 Å². The largest absolute Gasteiger partial charge is 0.348 e. The first kappa shape index (κ1) is 21.8. The summed E-state index contributed by atoms with van der Waals surface area (Å²) in [4.78, 5) is 24.3. The van der Waals surface area contributed by atoms with Crippen molar-refractivity contribution in [3.05, 3.63) is 53.6 Å². The Bertz CT molecular complexity index is 1050. The molecule has 2 amide bonds. The van der Waals surface area contributed by atoms with Crippen LogP contribution in [0.4, 0.5) is 11.4 Å². The molecule has 30 heavy (non-hydrogen) atoms. The van der Waals surface area contributed by atoms with Crippen LogP contribution in [0.5, 0.6) is 0 Å². The number of nitrogens with one attached hydrogen (secondary N) is 2. The maximum Gasteiger partial charge on any atom is 0.313 e. The van der Waals surface area contributed by atoms with E-state index in [1.165, 1.54) is 4.31 Å². The molecule has 0 aromatic heterocycles. The number of nitrogens with zero attached hydrogens (tertiary/aromatic N) is 1. The minimum absolute atomic E-state index is 0.225. The quantitative estimate of drug-likeness (QED) is 0.715. The Balaban J connectivity index is 1.85. The molecule has 0 atom stereocenters. The van der Waals surface area contributed by atoms with Crippen molar-refractivity contribution in [3.8, 4) is 0 Å². The fraction of sp³-hybridized carbons (Fsp3) is 0.364. The standard InChI is InChI=1S/C22H27N3O4S/c1-15(2)14-23-21(26)22(27)24-18-9-8-17-5-4-12-25(20(17)13-18)30(28,29)19-10-6-16(3)7-11-19/h6-11,13,15H,4-5,12,14H2,1-3H3,(H,23,26)(H,24,27). The van der Waals surface area contributed by atoms with Crippen molar-refractivity contribution in [1.82, 2.24) is 5.32 Å². The summed E-state index contributed by atoms with van der Waals surface area (Å²) in [6.45, 7) is 6.53. The first-order valence-electron chi connectivity index (χ1n) is 10.00. The third kappa shape index (κ3) is 4.81. The van der Waals surface area contributed by atoms with E-state index in [0.717, 1.165) is 17.5 Å². The minimum Gasteiger partial charge on any atom is -0.348 e. The van der Waals surface area contributed by atoms with Gasteiger partial charge < -0.3 is 10.6 Å². The lowest BCUT2D eigenvalue weighted by atomic mass is 10.0. The molecular formula is C22H27N3O4S. The van der Waals surface area contributed by atoms with Crippen molar-refractivity contribution in [1.29, 1.82) is 0 Å². The molecule has 160 valence electrons. The highest BCUT2D eigenvalue weighted by Crippen LogP contribution is 2.34. The Labute approximate surface area is 177 Å². The van der Waals surface area contributed by atoms with Gasteiger partial charge in [-0.05, 0) is 55.5 Å². The van der Waals surface area contributed by atoms with Crippen LogP contribution in [-0.2, 0) is 26.0 Å². The Morgan fingerprint density at radius 2 is 1.77 bits per heavy atom. The summed E-state index contributed by atoms with van der Waals surface area (Å²) >= 11 is 0. The highest BCUT2D eigenvalue weighted by molar-refractivity contribution is 7.92. The van der Waals surface area contributed by atoms with Crippen LogP contribution in [0.2, 0.25) is 0 Å². The van der Waals surface area contributed by atoms with Gasteiger partial charge in [0, 0.05) is 18.8 Å². The Hall–Kier alpha value is -2.87. The average molecular weight is 430 g/mol. The van der Waals surface area contributed by atoms with Crippen molar-refractivity contribution in [2.45, 2.75) is 38.5 Å². The maximum atomic E-state index is 13.2. The molecule has 0 fully saturated rings. The number of aryl methyl sites for hydroxylation is 2. The van der Waals surface area contributed by atoms with E-state index in [2.05, 4.69) is 10.6 Å². The van der Waals surface area contributed by atoms with Gasteiger partial charge in [-0.3, -0.25) is 13.9 Å². The van der Waals surface area contributed by atoms with Gasteiger partial charge in [-0.25, -0.2) is 8.42 Å². The molecule has 3 rings (SSSR count). The van der Waals surface area contributed by atoms with Crippen molar-refractivity contribution in [2.24, 2.45) is 5.92 Å². The molecule has 1 aliphatic heterocycles. The van der Waals surface area contributed by atoms with Crippen LogP contribution in [0.25, 0.3) is 0 Å². The second-order valence-electron chi connectivity index (χ2n) is 7.90. The van der Waals surface area contributed by atoms with Crippen LogP contribution in [0.15, 0.2) is 47.4 Å². The predicted octanol–water partition coefficient (Wildman–Crippen LogP) is 2.85. The normalized spacial score (nSPS) is 13.7. The zero-order chi connectivity index (χ0) is 21.9. The Morgan fingerprint density at radius 1 is 1.07 bits per heavy atom. The number of fused-ring (bicyclic) bond motifs is 1. The molecule has 0 unspecified atom stereocenters. The summed E-state index contributed by atoms with van der Waals surface area (Å²) in [6.07, 6.45) is 1.46. The Kier molecular flexibility index (Phi) is 6.45. The molecule has 8 heteroatoms. The fourth-order valence-electron chi connectivity index (χ4n) is 3.27. The number of benzene rings is 2. The zero-order valence-electron chi connectivity index (χ0n) is 17.4. The van der Waals surface area contributed by atoms with E-state index in [9.17, 15) is 18.0 Å². The highest BCUT2D eigenvalue weighted by atomic mass is 32.2. The minimum atomic E-state index is -3.73. The van der Waals surface area contributed by atoms with Crippen LogP contribution in [0.1, 0.15) is 31.4 Å². The smallest absolute Gasteiger partial charge is 0.313 e. The van der Waals surface area contributed by atoms with Crippen LogP contribution in [0, 0.1) is 12.8 Å². The lowest BCUT2D eigenvalue weighted by molar-refractivity contribution is -0.136. The molecule has 7 nitrogen and oxygen atoms in total. The van der Waals surface area contributed by atoms with Crippen molar-refractivity contribution in [3.63, 3.8) is 0 Å². The van der Waals surface area contributed by atoms with Crippen LogP contribution in [0.3, 0.4) is 0 Å². The summed E-state index contributed by atoms with van der Waals surface area (Å²) in [6, 6.07) is 11.8. The third-order valence-electron chi connectivity index (χ3n) is 4.91. The van der Waals surface area contributed by atoms with E-state index < -0.39 is 21.8 Å². The van der Waals surface area contributed by atoms with E-state index >= 15 is 0 Å². The first-order valence-corrected chi connectivity index (χ1v) is 11.4. The monoisotopic (exact) mass is 429 g/mol. The van der Waals surface area contributed by atoms with E-state index in [0.29, 0.717) is 30.9 Å². The van der Waals surface area contributed by atoms with Gasteiger partial charge in [-0.15, -0.1) is 0 Å². The van der Waals surface area contributed by atoms with Gasteiger partial charge in [-0.1, -0.05) is 37.6 Å². The first-order chi connectivity index (χ1) is 14.2. The molecule has 0 saturated carbocycles. The molecular weight excluding hydrogens is 402 g/mol. The molecule has 2 N–H and O–H groups in total. The van der Waals surface area contributed by atoms with Gasteiger partial charge in [0.25, 0.3) is 10.0 Å². The maximum absolute atomic E-state index is 13.2. The van der Waals surface area contributed by atoms with Crippen LogP contribution < -0.4 is 14.9 Å². The number of anilines is 2. The SMILES string of the molecule is Cc1ccc(S(=O)(=O)N2CCCc3ccc(NC(=O)C(=O)NCC(C)C)cc32)cc1. The molecule has 0 saturated heterocycles. The molecule has 2 aromatic carbocycles. The average Bonchev–Trinajstić information content (AvgIpc) is 2.71. The molecule has 0 bridgehead atoms. The molecule has 0 aliphatic carbocycles. The van der Waals surface area contributed by atoms with Crippen molar-refractivity contribution in [2.75, 3.05) is 22.7 Å². The molecule has 1 aliphatic rings. The molecule has 0 radical (unpaired) electrons. The van der Waals surface area contributed by atoms with Gasteiger partial charge >= 0.3 is 11.8 Å². The number of hydrogen-bond acceptors (Lipinski definition) is 4. The number of amides is 2. The van der Waals surface area contributed by atoms with Gasteiger partial charge in [-0.2, -0.15) is 0 Å². The highest BCUT2D eigenvalue weighted by Gasteiger charge is 2.29. The van der Waals surface area contributed by atoms with E-state index in [1.54, 1.807) is 42.5 Å². The summed E-state index contributed by atoms with van der Waals surface area (Å²) in [5, 5.41) is 5.13. The number of sulfonamides is 1. The molecule has 1 heterocycles. The van der Waals surface area contributed by atoms with Crippen LogP contribution in [-0.4, -0.2) is 33.3 Å². The molecule has 2 aromatic rings. The Morgan fingerprint density at radius 3 is 2.43 bits per heavy atom. The third-order valence-corrected chi connectivity index (χ3v) is 6.73. The lowest BCUT2D eigenvalue weighted by Crippen LogP contribution is -2.37. The van der Waals surface area contributed by atoms with Crippen molar-refractivity contribution >= 4 is 33.2 Å². The summed E-state index contributed by atoms with van der Waals surface area (Å²) in [5.74, 6) is -1.27. The van der Waals surface area contributed by atoms with Gasteiger partial charge in [0.15, 0.2) is 0 Å². The van der Waals surface area contributed by atoms with Gasteiger partial charge in [0.05, 0.1) is 10.6 Å². The van der Waals surface area contributed by atoms with Gasteiger partial charge in [0.2, 0.25) is 0 Å². The van der Waals surface area contributed by atoms with E-state index in [4.69, 9.17) is 0 Å².